The number of nitrogens with zero attached hydrogens (tertiary/aromatic N) is 2. The Hall–Kier alpha value is -2.94. The summed E-state index contributed by atoms with van der Waals surface area (Å²) in [5.41, 5.74) is 0.430. The number of hydrogen-bond donors (Lipinski definition) is 3. The van der Waals surface area contributed by atoms with Gasteiger partial charge in [-0.05, 0) is 36.2 Å². The van der Waals surface area contributed by atoms with Gasteiger partial charge in [0, 0.05) is 19.1 Å². The smallest absolute Gasteiger partial charge is 0.245 e. The van der Waals surface area contributed by atoms with Crippen LogP contribution in [0.2, 0.25) is 0 Å². The molecule has 1 saturated carbocycles. The number of carbonyl (C=O) groups excluding carboxylic acids is 4. The Labute approximate surface area is 226 Å². The lowest BCUT2D eigenvalue weighted by atomic mass is 9.84. The zero-order valence-corrected chi connectivity index (χ0v) is 23.0. The average Bonchev–Trinajstić information content (AvgIpc) is 3.39. The highest BCUT2D eigenvalue weighted by molar-refractivity contribution is 5.89. The predicted molar refractivity (Wildman–Crippen MR) is 144 cm³/mol. The Morgan fingerprint density at radius 3 is 2.29 bits per heavy atom. The molecule has 1 saturated heterocycles. The summed E-state index contributed by atoms with van der Waals surface area (Å²) in [6.45, 7) is 6.66. The van der Waals surface area contributed by atoms with Gasteiger partial charge < -0.3 is 15.5 Å². The van der Waals surface area contributed by atoms with Crippen LogP contribution in [0.1, 0.15) is 71.3 Å². The third-order valence-corrected chi connectivity index (χ3v) is 7.77. The number of likely N-dealkylation sites (tertiary alicyclic amines) is 1. The third-order valence-electron chi connectivity index (χ3n) is 7.77. The van der Waals surface area contributed by atoms with Crippen LogP contribution in [-0.2, 0) is 25.6 Å². The largest absolute Gasteiger partial charge is 0.353 e. The van der Waals surface area contributed by atoms with Crippen LogP contribution >= 0.6 is 0 Å². The highest BCUT2D eigenvalue weighted by Gasteiger charge is 2.39. The molecule has 9 heteroatoms. The van der Waals surface area contributed by atoms with Crippen LogP contribution < -0.4 is 10.6 Å². The molecule has 9 nitrogen and oxygen atoms in total. The molecule has 1 aliphatic carbocycles. The molecule has 1 heterocycles. The highest BCUT2D eigenvalue weighted by Crippen LogP contribution is 2.31. The molecule has 3 rings (SSSR count). The van der Waals surface area contributed by atoms with Gasteiger partial charge in [-0.15, -0.1) is 0 Å². The Balaban J connectivity index is 1.57. The lowest BCUT2D eigenvalue weighted by Crippen LogP contribution is -2.58. The molecule has 38 heavy (non-hydrogen) atoms. The van der Waals surface area contributed by atoms with E-state index in [0.29, 0.717) is 56.2 Å². The lowest BCUT2D eigenvalue weighted by Gasteiger charge is -2.39. The first kappa shape index (κ1) is 29.6. The summed E-state index contributed by atoms with van der Waals surface area (Å²) in [5.74, 6) is -0.686. The van der Waals surface area contributed by atoms with Gasteiger partial charge in [0.15, 0.2) is 0 Å². The second-order valence-electron chi connectivity index (χ2n) is 11.9. The zero-order valence-electron chi connectivity index (χ0n) is 23.0. The first-order chi connectivity index (χ1) is 18.1. The molecule has 3 N–H and O–H groups in total. The van der Waals surface area contributed by atoms with Crippen LogP contribution in [0.25, 0.3) is 0 Å². The van der Waals surface area contributed by atoms with E-state index in [4.69, 9.17) is 0 Å². The average molecular weight is 529 g/mol. The summed E-state index contributed by atoms with van der Waals surface area (Å²) in [6.07, 6.45) is 6.85. The second-order valence-corrected chi connectivity index (χ2v) is 11.9. The molecule has 1 aliphatic heterocycles. The number of piperidine rings is 1. The van der Waals surface area contributed by atoms with Crippen LogP contribution in [0.5, 0.6) is 0 Å². The van der Waals surface area contributed by atoms with Gasteiger partial charge in [-0.25, -0.2) is 5.06 Å². The van der Waals surface area contributed by atoms with E-state index in [2.05, 4.69) is 10.6 Å². The van der Waals surface area contributed by atoms with E-state index in [1.54, 1.807) is 4.90 Å². The number of carbonyl (C=O) groups is 4. The van der Waals surface area contributed by atoms with Gasteiger partial charge in [0.25, 0.3) is 0 Å². The second kappa shape index (κ2) is 13.7. The fourth-order valence-corrected chi connectivity index (χ4v) is 5.58. The number of benzene rings is 1. The van der Waals surface area contributed by atoms with Crippen molar-refractivity contribution >= 4 is 24.1 Å². The van der Waals surface area contributed by atoms with Crippen molar-refractivity contribution in [2.75, 3.05) is 19.6 Å². The molecule has 210 valence electrons. The SMILES string of the molecule is CC(C)(C)[C@@H](NC(=O)[C@@H](CC1CCCC1)CN(O)C=O)C(=O)N1CCC(NC(=O)Cc2ccccc2)CC1. The van der Waals surface area contributed by atoms with Crippen LogP contribution in [0.3, 0.4) is 0 Å². The number of rotatable bonds is 11. The summed E-state index contributed by atoms with van der Waals surface area (Å²) in [7, 11) is 0. The maximum Gasteiger partial charge on any atom is 0.245 e. The standard InChI is InChI=1S/C29H44N4O5/c1-29(2,3)26(31-27(36)23(19-33(38)20-34)17-21-11-7-8-12-21)28(37)32-15-13-24(14-16-32)30-25(35)18-22-9-5-4-6-10-22/h4-6,9-10,20-21,23-24,26,38H,7-8,11-19H2,1-3H3,(H,30,35)(H,31,36)/t23-,26-/m0/s1. The van der Waals surface area contributed by atoms with Crippen molar-refractivity contribution in [3.63, 3.8) is 0 Å². The lowest BCUT2D eigenvalue weighted by molar-refractivity contribution is -0.156. The van der Waals surface area contributed by atoms with E-state index in [0.717, 1.165) is 31.2 Å². The minimum atomic E-state index is -0.742. The molecule has 0 unspecified atom stereocenters. The van der Waals surface area contributed by atoms with Crippen LogP contribution in [0.4, 0.5) is 0 Å². The van der Waals surface area contributed by atoms with Gasteiger partial charge in [0.2, 0.25) is 24.1 Å². The molecule has 1 aromatic carbocycles. The normalized spacial score (nSPS) is 18.5. The predicted octanol–water partition coefficient (Wildman–Crippen LogP) is 2.91. The third kappa shape index (κ3) is 8.82. The van der Waals surface area contributed by atoms with E-state index in [9.17, 15) is 24.4 Å². The minimum absolute atomic E-state index is 0.00705. The molecular weight excluding hydrogens is 484 g/mol. The number of hydrogen-bond acceptors (Lipinski definition) is 5. The topological polar surface area (TPSA) is 119 Å². The Bertz CT molecular complexity index is 934. The van der Waals surface area contributed by atoms with E-state index in [1.807, 2.05) is 51.1 Å². The van der Waals surface area contributed by atoms with Crippen LogP contribution in [0, 0.1) is 17.3 Å². The van der Waals surface area contributed by atoms with E-state index >= 15 is 0 Å². The van der Waals surface area contributed by atoms with Crippen molar-refractivity contribution in [1.82, 2.24) is 20.6 Å². The monoisotopic (exact) mass is 528 g/mol. The quantitative estimate of drug-likeness (QED) is 0.232. The molecule has 0 bridgehead atoms. The van der Waals surface area contributed by atoms with Crippen molar-refractivity contribution in [3.05, 3.63) is 35.9 Å². The molecular formula is C29H44N4O5. The summed E-state index contributed by atoms with van der Waals surface area (Å²) >= 11 is 0. The molecule has 0 spiro atoms. The van der Waals surface area contributed by atoms with E-state index in [-0.39, 0.29) is 30.3 Å². The molecule has 4 amide bonds. The fourth-order valence-electron chi connectivity index (χ4n) is 5.58. The van der Waals surface area contributed by atoms with E-state index < -0.39 is 17.4 Å². The van der Waals surface area contributed by atoms with Crippen molar-refractivity contribution in [2.45, 2.75) is 84.2 Å². The van der Waals surface area contributed by atoms with Crippen molar-refractivity contribution in [3.8, 4) is 0 Å². The van der Waals surface area contributed by atoms with Gasteiger partial charge >= 0.3 is 0 Å². The zero-order chi connectivity index (χ0) is 27.7. The number of nitrogens with one attached hydrogen (secondary N) is 2. The summed E-state index contributed by atoms with van der Waals surface area (Å²) in [4.78, 5) is 52.2. The molecule has 2 aliphatic rings. The fraction of sp³-hybridized carbons (Fsp3) is 0.655. The molecule has 2 atom stereocenters. The first-order valence-corrected chi connectivity index (χ1v) is 13.9. The molecule has 0 aromatic heterocycles. The van der Waals surface area contributed by atoms with Gasteiger partial charge in [-0.3, -0.25) is 24.4 Å². The molecule has 1 aromatic rings. The highest BCUT2D eigenvalue weighted by atomic mass is 16.5. The van der Waals surface area contributed by atoms with Crippen molar-refractivity contribution < 1.29 is 24.4 Å². The molecule has 0 radical (unpaired) electrons. The summed E-state index contributed by atoms with van der Waals surface area (Å²) in [5, 5.41) is 16.4. The molecule has 2 fully saturated rings. The van der Waals surface area contributed by atoms with Gasteiger partial charge in [-0.2, -0.15) is 0 Å². The first-order valence-electron chi connectivity index (χ1n) is 13.9. The van der Waals surface area contributed by atoms with Crippen LogP contribution in [0.15, 0.2) is 30.3 Å². The van der Waals surface area contributed by atoms with Gasteiger partial charge in [0.1, 0.15) is 6.04 Å². The number of amides is 4. The summed E-state index contributed by atoms with van der Waals surface area (Å²) < 4.78 is 0. The minimum Gasteiger partial charge on any atom is -0.353 e. The Morgan fingerprint density at radius 1 is 1.08 bits per heavy atom. The van der Waals surface area contributed by atoms with Gasteiger partial charge in [0.05, 0.1) is 18.9 Å². The maximum absolute atomic E-state index is 13.6. The van der Waals surface area contributed by atoms with Crippen molar-refractivity contribution in [1.29, 1.82) is 0 Å². The summed E-state index contributed by atoms with van der Waals surface area (Å²) in [6, 6.07) is 8.87. The van der Waals surface area contributed by atoms with Crippen molar-refractivity contribution in [2.24, 2.45) is 17.3 Å². The number of hydroxylamine groups is 2. The van der Waals surface area contributed by atoms with Gasteiger partial charge in [-0.1, -0.05) is 76.8 Å². The maximum atomic E-state index is 13.6. The van der Waals surface area contributed by atoms with Crippen LogP contribution in [-0.4, -0.2) is 71.0 Å². The Morgan fingerprint density at radius 2 is 1.71 bits per heavy atom. The van der Waals surface area contributed by atoms with E-state index in [1.165, 1.54) is 0 Å². The Kier molecular flexibility index (Phi) is 10.7.